The van der Waals surface area contributed by atoms with Gasteiger partial charge in [0.25, 0.3) is 5.91 Å². The van der Waals surface area contributed by atoms with Crippen molar-refractivity contribution in [1.82, 2.24) is 20.1 Å². The monoisotopic (exact) mass is 456 g/mol. The van der Waals surface area contributed by atoms with Crippen molar-refractivity contribution in [2.45, 2.75) is 76.8 Å². The minimum absolute atomic E-state index is 0.0451. The van der Waals surface area contributed by atoms with Crippen LogP contribution in [0.15, 0.2) is 6.07 Å². The van der Waals surface area contributed by atoms with Gasteiger partial charge >= 0.3 is 0 Å². The first kappa shape index (κ1) is 20.6. The number of rotatable bonds is 5. The van der Waals surface area contributed by atoms with Gasteiger partial charge in [-0.25, -0.2) is 18.1 Å². The van der Waals surface area contributed by atoms with E-state index in [1.54, 1.807) is 4.68 Å². The van der Waals surface area contributed by atoms with E-state index in [1.807, 2.05) is 13.0 Å². The van der Waals surface area contributed by atoms with Crippen LogP contribution in [0.5, 0.6) is 0 Å². The first-order valence-electron chi connectivity index (χ1n) is 12.2. The molecule has 6 rings (SSSR count). The van der Waals surface area contributed by atoms with Gasteiger partial charge in [0, 0.05) is 17.7 Å². The van der Waals surface area contributed by atoms with Gasteiger partial charge in [0.05, 0.1) is 34.2 Å². The van der Waals surface area contributed by atoms with E-state index in [9.17, 15) is 13.2 Å². The fraction of sp³-hybridized carbons (Fsp3) is 0.708. The van der Waals surface area contributed by atoms with E-state index in [-0.39, 0.29) is 29.5 Å². The molecule has 1 N–H and O–H groups in total. The number of carbonyl (C=O) groups excluding carboxylic acids is 1. The lowest BCUT2D eigenvalue weighted by Crippen LogP contribution is -2.40. The minimum Gasteiger partial charge on any atom is -0.349 e. The van der Waals surface area contributed by atoms with Crippen molar-refractivity contribution in [1.29, 1.82) is 0 Å². The van der Waals surface area contributed by atoms with Gasteiger partial charge in [0.15, 0.2) is 15.5 Å². The van der Waals surface area contributed by atoms with E-state index >= 15 is 0 Å². The number of hydrogen-bond acceptors (Lipinski definition) is 5. The summed E-state index contributed by atoms with van der Waals surface area (Å²) in [4.78, 5) is 18.4. The van der Waals surface area contributed by atoms with Gasteiger partial charge in [-0.15, -0.1) is 0 Å². The van der Waals surface area contributed by atoms with Crippen LogP contribution in [0.25, 0.3) is 11.0 Å². The van der Waals surface area contributed by atoms with Crippen LogP contribution < -0.4 is 5.32 Å². The molecule has 0 spiro atoms. The van der Waals surface area contributed by atoms with Crippen LogP contribution in [-0.4, -0.2) is 46.6 Å². The average Bonchev–Trinajstić information content (AvgIpc) is 3.06. The summed E-state index contributed by atoms with van der Waals surface area (Å²) >= 11 is 0. The van der Waals surface area contributed by atoms with Crippen LogP contribution in [0, 0.1) is 24.7 Å². The zero-order valence-electron chi connectivity index (χ0n) is 18.9. The van der Waals surface area contributed by atoms with Crippen LogP contribution in [0.3, 0.4) is 0 Å². The molecule has 4 fully saturated rings. The molecule has 0 aromatic carbocycles. The van der Waals surface area contributed by atoms with Crippen LogP contribution in [0.2, 0.25) is 0 Å². The normalized spacial score (nSPS) is 31.9. The number of nitrogens with zero attached hydrogens (tertiary/aromatic N) is 3. The highest BCUT2D eigenvalue weighted by atomic mass is 32.2. The third kappa shape index (κ3) is 3.45. The second-order valence-electron chi connectivity index (χ2n) is 10.8. The van der Waals surface area contributed by atoms with E-state index in [0.717, 1.165) is 41.5 Å². The van der Waals surface area contributed by atoms with Crippen LogP contribution in [0.1, 0.15) is 85.6 Å². The Labute approximate surface area is 189 Å². The Kier molecular flexibility index (Phi) is 4.69. The average molecular weight is 457 g/mol. The molecule has 3 saturated carbocycles. The lowest BCUT2D eigenvalue weighted by Gasteiger charge is -2.28. The lowest BCUT2D eigenvalue weighted by molar-refractivity contribution is 0.0916. The Morgan fingerprint density at radius 2 is 2.00 bits per heavy atom. The summed E-state index contributed by atoms with van der Waals surface area (Å²) in [5.41, 5.74) is 3.01. The van der Waals surface area contributed by atoms with Crippen molar-refractivity contribution in [3.8, 4) is 0 Å². The fourth-order valence-corrected chi connectivity index (χ4v) is 8.31. The zero-order valence-corrected chi connectivity index (χ0v) is 19.7. The van der Waals surface area contributed by atoms with Crippen LogP contribution >= 0.6 is 0 Å². The van der Waals surface area contributed by atoms with E-state index in [1.165, 1.54) is 25.7 Å². The fourth-order valence-electron chi connectivity index (χ4n) is 6.62. The number of hydrogen-bond donors (Lipinski definition) is 1. The van der Waals surface area contributed by atoms with Gasteiger partial charge in [-0.05, 0) is 76.2 Å². The van der Waals surface area contributed by atoms with Crippen molar-refractivity contribution in [2.75, 3.05) is 11.5 Å². The van der Waals surface area contributed by atoms with E-state index in [4.69, 9.17) is 10.1 Å². The molecule has 0 unspecified atom stereocenters. The SMILES string of the molecule is Cc1nn([C@@H]2CCS(=O)(=O)C2)c2nc(C3CC3)cc(C(=O)N[C@H](C)[C@@H]3C[C@H]4CC[C@H]3C4)c12. The van der Waals surface area contributed by atoms with Gasteiger partial charge in [-0.3, -0.25) is 4.79 Å². The largest absolute Gasteiger partial charge is 0.349 e. The van der Waals surface area contributed by atoms with Crippen molar-refractivity contribution < 1.29 is 13.2 Å². The van der Waals surface area contributed by atoms with Crippen molar-refractivity contribution in [2.24, 2.45) is 17.8 Å². The van der Waals surface area contributed by atoms with Crippen LogP contribution in [-0.2, 0) is 9.84 Å². The van der Waals surface area contributed by atoms with Gasteiger partial charge in [0.2, 0.25) is 0 Å². The number of pyridine rings is 1. The molecule has 3 aliphatic carbocycles. The summed E-state index contributed by atoms with van der Waals surface area (Å²) in [6.07, 6.45) is 7.95. The molecule has 1 amide bonds. The number of sulfone groups is 1. The summed E-state index contributed by atoms with van der Waals surface area (Å²) in [6, 6.07) is 1.91. The van der Waals surface area contributed by atoms with Crippen molar-refractivity contribution in [3.05, 3.63) is 23.0 Å². The quantitative estimate of drug-likeness (QED) is 0.743. The number of aryl methyl sites for hydroxylation is 1. The van der Waals surface area contributed by atoms with E-state index in [2.05, 4.69) is 12.2 Å². The predicted molar refractivity (Wildman–Crippen MR) is 122 cm³/mol. The smallest absolute Gasteiger partial charge is 0.252 e. The maximum absolute atomic E-state index is 13.5. The Morgan fingerprint density at radius 1 is 1.19 bits per heavy atom. The van der Waals surface area contributed by atoms with Gasteiger partial charge in [-0.1, -0.05) is 6.42 Å². The summed E-state index contributed by atoms with van der Waals surface area (Å²) in [5, 5.41) is 8.79. The van der Waals surface area contributed by atoms with Gasteiger partial charge < -0.3 is 5.32 Å². The summed E-state index contributed by atoms with van der Waals surface area (Å²) in [7, 11) is -3.04. The Bertz CT molecular complexity index is 1200. The van der Waals surface area contributed by atoms with E-state index < -0.39 is 9.84 Å². The maximum atomic E-state index is 13.5. The first-order valence-corrected chi connectivity index (χ1v) is 14.0. The topological polar surface area (TPSA) is 93.9 Å². The highest BCUT2D eigenvalue weighted by Crippen LogP contribution is 2.49. The summed E-state index contributed by atoms with van der Waals surface area (Å²) < 4.78 is 26.0. The number of nitrogens with one attached hydrogen (secondary N) is 1. The predicted octanol–water partition coefficient (Wildman–Crippen LogP) is 3.53. The van der Waals surface area contributed by atoms with Gasteiger partial charge in [0.1, 0.15) is 0 Å². The summed E-state index contributed by atoms with van der Waals surface area (Å²) in [5.74, 6) is 2.81. The number of fused-ring (bicyclic) bond motifs is 3. The second-order valence-corrected chi connectivity index (χ2v) is 13.0. The molecule has 1 aliphatic heterocycles. The number of amides is 1. The molecule has 4 aliphatic rings. The molecular formula is C24H32N4O3S. The third-order valence-electron chi connectivity index (χ3n) is 8.45. The molecule has 172 valence electrons. The molecule has 0 radical (unpaired) electrons. The highest BCUT2D eigenvalue weighted by Gasteiger charge is 2.42. The molecular weight excluding hydrogens is 424 g/mol. The molecule has 2 aromatic heterocycles. The van der Waals surface area contributed by atoms with Crippen molar-refractivity contribution >= 4 is 26.8 Å². The number of aromatic nitrogens is 3. The number of carbonyl (C=O) groups is 1. The molecule has 32 heavy (non-hydrogen) atoms. The molecule has 1 saturated heterocycles. The van der Waals surface area contributed by atoms with Gasteiger partial charge in [-0.2, -0.15) is 5.10 Å². The molecule has 2 bridgehead atoms. The summed E-state index contributed by atoms with van der Waals surface area (Å²) in [6.45, 7) is 4.06. The first-order chi connectivity index (χ1) is 15.3. The standard InChI is InChI=1S/C24H32N4O3S/c1-13(19-10-15-3-4-17(19)9-15)25-24(29)20-11-21(16-5-6-16)26-23-22(20)14(2)27-28(23)18-7-8-32(30,31)12-18/h11,13,15-19H,3-10,12H2,1-2H3,(H,25,29)/t13-,15+,17+,18-,19+/m1/s1. The molecule has 5 atom stereocenters. The molecule has 7 nitrogen and oxygen atoms in total. The third-order valence-corrected chi connectivity index (χ3v) is 10.2. The molecule has 8 heteroatoms. The van der Waals surface area contributed by atoms with Crippen LogP contribution in [0.4, 0.5) is 0 Å². The maximum Gasteiger partial charge on any atom is 0.252 e. The highest BCUT2D eigenvalue weighted by molar-refractivity contribution is 7.91. The Balaban J connectivity index is 1.36. The zero-order chi connectivity index (χ0) is 22.2. The lowest BCUT2D eigenvalue weighted by atomic mass is 9.84. The second kappa shape index (κ2) is 7.27. The van der Waals surface area contributed by atoms with Crippen molar-refractivity contribution in [3.63, 3.8) is 0 Å². The minimum atomic E-state index is -3.04. The molecule has 2 aromatic rings. The molecule has 3 heterocycles. The van der Waals surface area contributed by atoms with E-state index in [0.29, 0.717) is 29.5 Å². The Morgan fingerprint density at radius 3 is 2.62 bits per heavy atom. The Hall–Kier alpha value is -1.96.